The molecular weight excluding hydrogens is 288 g/mol. The molecule has 1 aromatic heterocycles. The fourth-order valence-electron chi connectivity index (χ4n) is 5.56. The van der Waals surface area contributed by atoms with Gasteiger partial charge in [-0.2, -0.15) is 0 Å². The molecule has 2 heterocycles. The molecule has 0 N–H and O–H groups in total. The molecule has 0 aromatic carbocycles. The molecule has 4 rings (SSSR count). The molecule has 4 atom stereocenters. The van der Waals surface area contributed by atoms with Crippen LogP contribution in [0.3, 0.4) is 0 Å². The molecule has 23 heavy (non-hydrogen) atoms. The second-order valence-corrected chi connectivity index (χ2v) is 8.06. The number of carbonyl (C=O) groups excluding carboxylic acids is 1. The lowest BCUT2D eigenvalue weighted by Crippen LogP contribution is -2.51. The van der Waals surface area contributed by atoms with Crippen LogP contribution in [-0.2, 0) is 16.0 Å². The molecule has 3 nitrogen and oxygen atoms in total. The van der Waals surface area contributed by atoms with Crippen LogP contribution in [0.5, 0.6) is 0 Å². The van der Waals surface area contributed by atoms with Gasteiger partial charge >= 0.3 is 5.97 Å². The van der Waals surface area contributed by atoms with E-state index in [1.807, 2.05) is 6.26 Å². The zero-order chi connectivity index (χ0) is 16.1. The first-order valence-electron chi connectivity index (χ1n) is 8.95. The van der Waals surface area contributed by atoms with E-state index in [-0.39, 0.29) is 16.8 Å². The summed E-state index contributed by atoms with van der Waals surface area (Å²) in [6.45, 7) is 5.46. The van der Waals surface area contributed by atoms with E-state index in [0.717, 1.165) is 31.3 Å². The van der Waals surface area contributed by atoms with Crippen molar-refractivity contribution in [1.29, 1.82) is 0 Å². The molecule has 1 saturated carbocycles. The van der Waals surface area contributed by atoms with Gasteiger partial charge in [-0.3, -0.25) is 0 Å². The van der Waals surface area contributed by atoms with Crippen LogP contribution in [0.25, 0.3) is 0 Å². The van der Waals surface area contributed by atoms with Gasteiger partial charge in [0.15, 0.2) is 0 Å². The Morgan fingerprint density at radius 3 is 3.00 bits per heavy atom. The summed E-state index contributed by atoms with van der Waals surface area (Å²) in [5.41, 5.74) is 2.52. The number of hydrogen-bond donors (Lipinski definition) is 0. The molecule has 2 fully saturated rings. The van der Waals surface area contributed by atoms with Gasteiger partial charge in [-0.15, -0.1) is 0 Å². The fourth-order valence-corrected chi connectivity index (χ4v) is 5.56. The lowest BCUT2D eigenvalue weighted by molar-refractivity contribution is -0.135. The minimum atomic E-state index is -0.0542. The molecule has 4 unspecified atom stereocenters. The number of carbonyl (C=O) groups is 1. The number of ether oxygens (including phenoxy) is 1. The topological polar surface area (TPSA) is 39.4 Å². The first-order chi connectivity index (χ1) is 11.1. The highest BCUT2D eigenvalue weighted by molar-refractivity contribution is 5.92. The summed E-state index contributed by atoms with van der Waals surface area (Å²) in [5.74, 6) is 1.18. The summed E-state index contributed by atoms with van der Waals surface area (Å²) in [7, 11) is 0. The van der Waals surface area contributed by atoms with Crippen molar-refractivity contribution in [2.45, 2.75) is 52.4 Å². The Morgan fingerprint density at radius 2 is 2.22 bits per heavy atom. The smallest absolute Gasteiger partial charge is 0.334 e. The summed E-state index contributed by atoms with van der Waals surface area (Å²) >= 11 is 0. The second-order valence-electron chi connectivity index (χ2n) is 8.06. The fraction of sp³-hybridized carbons (Fsp3) is 0.650. The van der Waals surface area contributed by atoms with Crippen LogP contribution in [0.2, 0.25) is 0 Å². The minimum Gasteiger partial charge on any atom is -0.472 e. The Labute approximate surface area is 138 Å². The van der Waals surface area contributed by atoms with Crippen LogP contribution in [0.1, 0.15) is 51.5 Å². The van der Waals surface area contributed by atoms with Gasteiger partial charge in [0, 0.05) is 11.0 Å². The van der Waals surface area contributed by atoms with Crippen molar-refractivity contribution < 1.29 is 13.9 Å². The highest BCUT2D eigenvalue weighted by atomic mass is 16.5. The maximum absolute atomic E-state index is 12.2. The molecule has 1 aliphatic heterocycles. The maximum Gasteiger partial charge on any atom is 0.334 e. The normalized spacial score (nSPS) is 39.4. The first kappa shape index (κ1) is 15.0. The third kappa shape index (κ3) is 2.12. The number of cyclic esters (lactones) is 1. The van der Waals surface area contributed by atoms with Gasteiger partial charge in [0.1, 0.15) is 6.61 Å². The summed E-state index contributed by atoms with van der Waals surface area (Å²) < 4.78 is 10.7. The zero-order valence-electron chi connectivity index (χ0n) is 14.1. The van der Waals surface area contributed by atoms with E-state index < -0.39 is 0 Å². The Morgan fingerprint density at radius 1 is 1.35 bits per heavy atom. The van der Waals surface area contributed by atoms with E-state index in [0.29, 0.717) is 18.4 Å². The van der Waals surface area contributed by atoms with E-state index in [1.54, 1.807) is 6.26 Å². The number of esters is 1. The Hall–Kier alpha value is -1.51. The lowest BCUT2D eigenvalue weighted by atomic mass is 9.47. The van der Waals surface area contributed by atoms with E-state index >= 15 is 0 Å². The van der Waals surface area contributed by atoms with Crippen molar-refractivity contribution in [3.8, 4) is 0 Å². The molecule has 3 aliphatic rings. The Bertz CT molecular complexity index is 629. The van der Waals surface area contributed by atoms with Crippen LogP contribution in [0.15, 0.2) is 34.7 Å². The molecule has 1 saturated heterocycles. The van der Waals surface area contributed by atoms with Crippen molar-refractivity contribution >= 4 is 5.97 Å². The standard InChI is InChI=1S/C20H26O3/c1-14-6-10-20-13-23-18(21)16(20)4-3-5-17(20)19(14,2)9-7-15-8-11-22-12-15/h4,8,11-12,14,17H,3,5-7,9-10,13H2,1-2H3. The summed E-state index contributed by atoms with van der Waals surface area (Å²) in [6, 6.07) is 2.07. The van der Waals surface area contributed by atoms with Gasteiger partial charge in [0.2, 0.25) is 0 Å². The summed E-state index contributed by atoms with van der Waals surface area (Å²) in [5, 5.41) is 0. The quantitative estimate of drug-likeness (QED) is 0.770. The molecule has 1 aromatic rings. The van der Waals surface area contributed by atoms with E-state index in [4.69, 9.17) is 9.15 Å². The van der Waals surface area contributed by atoms with Crippen molar-refractivity contribution in [3.05, 3.63) is 35.8 Å². The highest BCUT2D eigenvalue weighted by Gasteiger charge is 2.60. The lowest BCUT2D eigenvalue weighted by Gasteiger charge is -2.56. The predicted octanol–water partition coefficient (Wildman–Crippen LogP) is 4.53. The number of allylic oxidation sites excluding steroid dienone is 1. The van der Waals surface area contributed by atoms with Gasteiger partial charge in [0.05, 0.1) is 12.5 Å². The van der Waals surface area contributed by atoms with E-state index in [9.17, 15) is 4.79 Å². The zero-order valence-corrected chi connectivity index (χ0v) is 14.1. The Kier molecular flexibility index (Phi) is 3.44. The molecule has 0 bridgehead atoms. The predicted molar refractivity (Wildman–Crippen MR) is 87.7 cm³/mol. The van der Waals surface area contributed by atoms with Crippen molar-refractivity contribution in [1.82, 2.24) is 0 Å². The van der Waals surface area contributed by atoms with Gasteiger partial charge in [-0.1, -0.05) is 19.9 Å². The molecule has 3 heteroatoms. The highest BCUT2D eigenvalue weighted by Crippen LogP contribution is 2.63. The van der Waals surface area contributed by atoms with Crippen LogP contribution in [0.4, 0.5) is 0 Å². The van der Waals surface area contributed by atoms with E-state index in [1.165, 1.54) is 18.4 Å². The average Bonchev–Trinajstić information content (AvgIpc) is 3.18. The van der Waals surface area contributed by atoms with Crippen molar-refractivity contribution in [3.63, 3.8) is 0 Å². The van der Waals surface area contributed by atoms with Crippen LogP contribution < -0.4 is 0 Å². The third-order valence-electron chi connectivity index (χ3n) is 7.17. The minimum absolute atomic E-state index is 0.00695. The van der Waals surface area contributed by atoms with Crippen molar-refractivity contribution in [2.24, 2.45) is 22.7 Å². The largest absolute Gasteiger partial charge is 0.472 e. The molecule has 0 amide bonds. The molecule has 124 valence electrons. The van der Waals surface area contributed by atoms with Gasteiger partial charge < -0.3 is 9.15 Å². The maximum atomic E-state index is 12.2. The first-order valence-corrected chi connectivity index (χ1v) is 8.95. The van der Waals surface area contributed by atoms with Gasteiger partial charge in [-0.25, -0.2) is 4.79 Å². The number of furan rings is 1. The number of hydrogen-bond acceptors (Lipinski definition) is 3. The van der Waals surface area contributed by atoms with Crippen LogP contribution in [-0.4, -0.2) is 12.6 Å². The SMILES string of the molecule is CC1CCC23COC(=O)C2=CCCC3C1(C)CCc1ccoc1. The monoisotopic (exact) mass is 314 g/mol. The second kappa shape index (κ2) is 5.25. The molecular formula is C20H26O3. The number of aryl methyl sites for hydroxylation is 1. The summed E-state index contributed by atoms with van der Waals surface area (Å²) in [4.78, 5) is 12.2. The van der Waals surface area contributed by atoms with E-state index in [2.05, 4.69) is 26.0 Å². The average molecular weight is 314 g/mol. The van der Waals surface area contributed by atoms with Crippen LogP contribution in [0, 0.1) is 22.7 Å². The molecule has 0 radical (unpaired) electrons. The Balaban J connectivity index is 1.65. The van der Waals surface area contributed by atoms with Gasteiger partial charge in [0.25, 0.3) is 0 Å². The van der Waals surface area contributed by atoms with Crippen LogP contribution >= 0.6 is 0 Å². The molecule has 2 aliphatic carbocycles. The van der Waals surface area contributed by atoms with Crippen molar-refractivity contribution in [2.75, 3.05) is 6.61 Å². The van der Waals surface area contributed by atoms with Gasteiger partial charge in [-0.05, 0) is 67.4 Å². The molecule has 1 spiro atoms. The third-order valence-corrected chi connectivity index (χ3v) is 7.17. The number of rotatable bonds is 3. The summed E-state index contributed by atoms with van der Waals surface area (Å²) in [6.07, 6.45) is 12.5.